The fourth-order valence-corrected chi connectivity index (χ4v) is 1.87. The van der Waals surface area contributed by atoms with Gasteiger partial charge in [-0.25, -0.2) is 14.6 Å². The van der Waals surface area contributed by atoms with E-state index in [1.165, 1.54) is 0 Å². The Morgan fingerprint density at radius 1 is 0.941 bits per heavy atom. The number of hydrogen-bond donors (Lipinski definition) is 0. The number of benzene rings is 1. The zero-order chi connectivity index (χ0) is 11.8. The molecule has 2 heterocycles. The lowest BCUT2D eigenvalue weighted by Gasteiger charge is -2.07. The summed E-state index contributed by atoms with van der Waals surface area (Å²) in [5.41, 5.74) is 3.75. The van der Waals surface area contributed by atoms with Crippen molar-refractivity contribution in [2.24, 2.45) is 0 Å². The van der Waals surface area contributed by atoms with Gasteiger partial charge in [0.1, 0.15) is 0 Å². The number of para-hydroxylation sites is 2. The SMILES string of the molecule is Cc1nc2ccccc2nc1-n1nccc1C. The van der Waals surface area contributed by atoms with E-state index in [0.717, 1.165) is 28.2 Å². The fraction of sp³-hybridized carbons (Fsp3) is 0.154. The number of aromatic nitrogens is 4. The number of fused-ring (bicyclic) bond motifs is 1. The van der Waals surface area contributed by atoms with Crippen LogP contribution in [0.15, 0.2) is 36.5 Å². The summed E-state index contributed by atoms with van der Waals surface area (Å²) in [6.07, 6.45) is 1.77. The van der Waals surface area contributed by atoms with Gasteiger partial charge in [-0.15, -0.1) is 0 Å². The monoisotopic (exact) mass is 224 g/mol. The van der Waals surface area contributed by atoms with Crippen LogP contribution in [0.1, 0.15) is 11.4 Å². The first kappa shape index (κ1) is 9.96. The van der Waals surface area contributed by atoms with E-state index in [0.29, 0.717) is 0 Å². The number of rotatable bonds is 1. The van der Waals surface area contributed by atoms with Crippen LogP contribution in [-0.4, -0.2) is 19.7 Å². The highest BCUT2D eigenvalue weighted by Gasteiger charge is 2.08. The molecule has 4 heteroatoms. The molecule has 2 aromatic heterocycles. The van der Waals surface area contributed by atoms with Crippen molar-refractivity contribution in [1.29, 1.82) is 0 Å². The van der Waals surface area contributed by atoms with Crippen LogP contribution in [0, 0.1) is 13.8 Å². The molecule has 0 aliphatic rings. The van der Waals surface area contributed by atoms with Gasteiger partial charge in [0.25, 0.3) is 0 Å². The van der Waals surface area contributed by atoms with Crippen LogP contribution in [0.25, 0.3) is 16.9 Å². The lowest BCUT2D eigenvalue weighted by atomic mass is 10.3. The van der Waals surface area contributed by atoms with Gasteiger partial charge in [-0.3, -0.25) is 0 Å². The van der Waals surface area contributed by atoms with Crippen LogP contribution >= 0.6 is 0 Å². The molecular formula is C13H12N4. The molecule has 3 rings (SSSR count). The Kier molecular flexibility index (Phi) is 2.14. The molecule has 0 aliphatic heterocycles. The standard InChI is InChI=1S/C13H12N4/c1-9-7-8-14-17(9)13-10(2)15-11-5-3-4-6-12(11)16-13/h3-8H,1-2H3. The van der Waals surface area contributed by atoms with E-state index in [4.69, 9.17) is 0 Å². The van der Waals surface area contributed by atoms with E-state index in [1.807, 2.05) is 48.9 Å². The minimum absolute atomic E-state index is 0.797. The molecule has 3 aromatic rings. The lowest BCUT2D eigenvalue weighted by molar-refractivity contribution is 0.806. The van der Waals surface area contributed by atoms with Crippen molar-refractivity contribution in [3.8, 4) is 5.82 Å². The van der Waals surface area contributed by atoms with Gasteiger partial charge < -0.3 is 0 Å². The van der Waals surface area contributed by atoms with Gasteiger partial charge in [0.2, 0.25) is 0 Å². The van der Waals surface area contributed by atoms with Gasteiger partial charge in [0.15, 0.2) is 5.82 Å². The molecule has 0 spiro atoms. The van der Waals surface area contributed by atoms with Crippen molar-refractivity contribution in [3.63, 3.8) is 0 Å². The Labute approximate surface area is 98.9 Å². The highest BCUT2D eigenvalue weighted by molar-refractivity contribution is 5.75. The van der Waals surface area contributed by atoms with Gasteiger partial charge in [-0.2, -0.15) is 5.10 Å². The molecule has 4 nitrogen and oxygen atoms in total. The molecule has 0 saturated heterocycles. The second-order valence-electron chi connectivity index (χ2n) is 4.01. The summed E-state index contributed by atoms with van der Waals surface area (Å²) < 4.78 is 1.81. The Morgan fingerprint density at radius 2 is 1.65 bits per heavy atom. The molecule has 0 saturated carbocycles. The Balaban J connectivity index is 2.30. The zero-order valence-electron chi connectivity index (χ0n) is 9.75. The average Bonchev–Trinajstić information content (AvgIpc) is 2.74. The van der Waals surface area contributed by atoms with E-state index in [2.05, 4.69) is 15.1 Å². The van der Waals surface area contributed by atoms with Gasteiger partial charge in [-0.1, -0.05) is 12.1 Å². The predicted octanol–water partition coefficient (Wildman–Crippen LogP) is 2.43. The first-order chi connectivity index (χ1) is 8.25. The summed E-state index contributed by atoms with van der Waals surface area (Å²) in [4.78, 5) is 9.17. The number of nitrogens with zero attached hydrogens (tertiary/aromatic N) is 4. The molecule has 84 valence electrons. The van der Waals surface area contributed by atoms with Crippen molar-refractivity contribution < 1.29 is 0 Å². The van der Waals surface area contributed by atoms with Crippen molar-refractivity contribution in [1.82, 2.24) is 19.7 Å². The first-order valence-corrected chi connectivity index (χ1v) is 5.50. The molecule has 0 aliphatic carbocycles. The van der Waals surface area contributed by atoms with E-state index in [9.17, 15) is 0 Å². The summed E-state index contributed by atoms with van der Waals surface area (Å²) in [5.74, 6) is 0.797. The summed E-state index contributed by atoms with van der Waals surface area (Å²) in [6.45, 7) is 3.96. The molecule has 0 bridgehead atoms. The minimum Gasteiger partial charge on any atom is -0.248 e. The van der Waals surface area contributed by atoms with Gasteiger partial charge in [0.05, 0.1) is 16.7 Å². The lowest BCUT2D eigenvalue weighted by Crippen LogP contribution is -2.06. The normalized spacial score (nSPS) is 10.9. The highest BCUT2D eigenvalue weighted by atomic mass is 15.3. The molecule has 0 radical (unpaired) electrons. The molecule has 0 amide bonds. The van der Waals surface area contributed by atoms with E-state index >= 15 is 0 Å². The highest BCUT2D eigenvalue weighted by Crippen LogP contribution is 2.16. The third-order valence-electron chi connectivity index (χ3n) is 2.75. The second kappa shape index (κ2) is 3.66. The smallest absolute Gasteiger partial charge is 0.175 e. The van der Waals surface area contributed by atoms with Crippen molar-refractivity contribution in [3.05, 3.63) is 47.9 Å². The molecule has 0 unspecified atom stereocenters. The molecular weight excluding hydrogens is 212 g/mol. The quantitative estimate of drug-likeness (QED) is 0.637. The van der Waals surface area contributed by atoms with Gasteiger partial charge >= 0.3 is 0 Å². The first-order valence-electron chi connectivity index (χ1n) is 5.50. The topological polar surface area (TPSA) is 43.6 Å². The molecule has 17 heavy (non-hydrogen) atoms. The van der Waals surface area contributed by atoms with E-state index < -0.39 is 0 Å². The van der Waals surface area contributed by atoms with Crippen LogP contribution in [0.3, 0.4) is 0 Å². The Bertz CT molecular complexity index is 685. The number of aryl methyl sites for hydroxylation is 2. The van der Waals surface area contributed by atoms with E-state index in [1.54, 1.807) is 6.20 Å². The summed E-state index contributed by atoms with van der Waals surface area (Å²) >= 11 is 0. The van der Waals surface area contributed by atoms with Crippen molar-refractivity contribution in [2.45, 2.75) is 13.8 Å². The molecule has 0 N–H and O–H groups in total. The Hall–Kier alpha value is -2.23. The maximum absolute atomic E-state index is 4.62. The zero-order valence-corrected chi connectivity index (χ0v) is 9.75. The maximum atomic E-state index is 4.62. The van der Waals surface area contributed by atoms with E-state index in [-0.39, 0.29) is 0 Å². The van der Waals surface area contributed by atoms with Crippen LogP contribution in [-0.2, 0) is 0 Å². The molecule has 0 fully saturated rings. The summed E-state index contributed by atoms with van der Waals surface area (Å²) in [7, 11) is 0. The van der Waals surface area contributed by atoms with Crippen LogP contribution in [0.2, 0.25) is 0 Å². The van der Waals surface area contributed by atoms with Crippen LogP contribution in [0.5, 0.6) is 0 Å². The van der Waals surface area contributed by atoms with Crippen LogP contribution < -0.4 is 0 Å². The van der Waals surface area contributed by atoms with Gasteiger partial charge in [0, 0.05) is 11.9 Å². The third kappa shape index (κ3) is 1.58. The summed E-state index contributed by atoms with van der Waals surface area (Å²) in [6, 6.07) is 9.82. The fourth-order valence-electron chi connectivity index (χ4n) is 1.87. The molecule has 1 aromatic carbocycles. The third-order valence-corrected chi connectivity index (χ3v) is 2.75. The van der Waals surface area contributed by atoms with Crippen molar-refractivity contribution >= 4 is 11.0 Å². The van der Waals surface area contributed by atoms with Gasteiger partial charge in [-0.05, 0) is 32.0 Å². The largest absolute Gasteiger partial charge is 0.248 e. The second-order valence-corrected chi connectivity index (χ2v) is 4.01. The minimum atomic E-state index is 0.797. The Morgan fingerprint density at radius 3 is 2.29 bits per heavy atom. The number of hydrogen-bond acceptors (Lipinski definition) is 3. The van der Waals surface area contributed by atoms with Crippen molar-refractivity contribution in [2.75, 3.05) is 0 Å². The summed E-state index contributed by atoms with van der Waals surface area (Å²) in [5, 5.41) is 4.27. The maximum Gasteiger partial charge on any atom is 0.175 e. The van der Waals surface area contributed by atoms with Crippen LogP contribution in [0.4, 0.5) is 0 Å². The molecule has 0 atom stereocenters. The average molecular weight is 224 g/mol. The predicted molar refractivity (Wildman–Crippen MR) is 66.1 cm³/mol.